The summed E-state index contributed by atoms with van der Waals surface area (Å²) >= 11 is 0. The Morgan fingerprint density at radius 1 is 1.25 bits per heavy atom. The molecule has 1 fully saturated rings. The van der Waals surface area contributed by atoms with Crippen LogP contribution in [0.25, 0.3) is 0 Å². The lowest BCUT2D eigenvalue weighted by atomic mass is 9.70. The van der Waals surface area contributed by atoms with E-state index in [1.165, 1.54) is 17.2 Å². The van der Waals surface area contributed by atoms with E-state index in [2.05, 4.69) is 26.8 Å². The Morgan fingerprint density at radius 3 is 2.64 bits per heavy atom. The molecule has 1 aliphatic carbocycles. The minimum atomic E-state index is -0.323. The smallest absolute Gasteiger partial charge is 0.330 e. The predicted octanol–water partition coefficient (Wildman–Crippen LogP) is 5.28. The maximum absolute atomic E-state index is 11.6. The minimum absolute atomic E-state index is 0.0408. The lowest BCUT2D eigenvalue weighted by Gasteiger charge is -2.38. The minimum Gasteiger partial charge on any atom is -0.463 e. The lowest BCUT2D eigenvalue weighted by molar-refractivity contribution is -0.137. The highest BCUT2D eigenvalue weighted by molar-refractivity contribution is 5.83. The van der Waals surface area contributed by atoms with Crippen molar-refractivity contribution in [1.82, 2.24) is 0 Å². The van der Waals surface area contributed by atoms with Crippen LogP contribution in [0.5, 0.6) is 0 Å². The van der Waals surface area contributed by atoms with Crippen LogP contribution in [-0.2, 0) is 19.0 Å². The van der Waals surface area contributed by atoms with Crippen LogP contribution in [0.4, 0.5) is 0 Å². The van der Waals surface area contributed by atoms with Crippen molar-refractivity contribution in [2.24, 2.45) is 5.41 Å². The summed E-state index contributed by atoms with van der Waals surface area (Å²) in [5, 5.41) is 0. The molecule has 150 valence electrons. The molecule has 0 N–H and O–H groups in total. The number of ether oxygens (including phenoxy) is 3. The largest absolute Gasteiger partial charge is 0.463 e. The molecule has 1 saturated heterocycles. The van der Waals surface area contributed by atoms with Crippen molar-refractivity contribution in [3.63, 3.8) is 0 Å². The number of rotatable bonds is 5. The second kappa shape index (κ2) is 8.46. The summed E-state index contributed by atoms with van der Waals surface area (Å²) < 4.78 is 17.5. The first kappa shape index (κ1) is 20.6. The molecule has 1 aromatic rings. The molecule has 0 bridgehead atoms. The van der Waals surface area contributed by atoms with Gasteiger partial charge in [-0.3, -0.25) is 0 Å². The van der Waals surface area contributed by atoms with Crippen LogP contribution in [0.3, 0.4) is 0 Å². The van der Waals surface area contributed by atoms with Gasteiger partial charge in [0.2, 0.25) is 0 Å². The van der Waals surface area contributed by atoms with Gasteiger partial charge in [-0.1, -0.05) is 56.3 Å². The number of benzene rings is 1. The molecule has 3 rings (SSSR count). The first-order chi connectivity index (χ1) is 13.3. The average Bonchev–Trinajstić information content (AvgIpc) is 3.05. The Balaban J connectivity index is 1.82. The summed E-state index contributed by atoms with van der Waals surface area (Å²) in [4.78, 5) is 11.6. The normalized spacial score (nSPS) is 27.2. The van der Waals surface area contributed by atoms with Gasteiger partial charge in [0.25, 0.3) is 0 Å². The Labute approximate surface area is 167 Å². The highest BCUT2D eigenvalue weighted by Crippen LogP contribution is 2.48. The van der Waals surface area contributed by atoms with Crippen molar-refractivity contribution < 1.29 is 19.0 Å². The molecule has 0 spiro atoms. The third-order valence-electron chi connectivity index (χ3n) is 5.42. The van der Waals surface area contributed by atoms with Crippen LogP contribution < -0.4 is 0 Å². The second-order valence-corrected chi connectivity index (χ2v) is 8.13. The number of carbonyl (C=O) groups excluding carboxylic acids is 1. The molecule has 1 aliphatic heterocycles. The zero-order valence-electron chi connectivity index (χ0n) is 17.4. The van der Waals surface area contributed by atoms with Crippen molar-refractivity contribution in [1.29, 1.82) is 0 Å². The fourth-order valence-corrected chi connectivity index (χ4v) is 4.08. The van der Waals surface area contributed by atoms with Crippen LogP contribution >= 0.6 is 0 Å². The molecule has 28 heavy (non-hydrogen) atoms. The lowest BCUT2D eigenvalue weighted by Crippen LogP contribution is -2.37. The van der Waals surface area contributed by atoms with E-state index in [4.69, 9.17) is 14.2 Å². The van der Waals surface area contributed by atoms with Crippen molar-refractivity contribution in [2.45, 2.75) is 59.5 Å². The molecule has 4 nitrogen and oxygen atoms in total. The molecule has 0 amide bonds. The number of carbonyl (C=O) groups is 1. The molecular weight excluding hydrogens is 352 g/mol. The molecule has 4 heteroatoms. The SMILES string of the molecule is CCOC(=O)/C=C(C)/C=C/C1=C(C)[C@H]2OC(c3ccccc3)O[C@H]2CC1(C)C. The fourth-order valence-electron chi connectivity index (χ4n) is 4.08. The van der Waals surface area contributed by atoms with Gasteiger partial charge < -0.3 is 14.2 Å². The van der Waals surface area contributed by atoms with E-state index in [1.807, 2.05) is 43.3 Å². The molecule has 1 aromatic carbocycles. The van der Waals surface area contributed by atoms with Gasteiger partial charge in [-0.15, -0.1) is 0 Å². The van der Waals surface area contributed by atoms with Gasteiger partial charge in [-0.05, 0) is 49.3 Å². The summed E-state index contributed by atoms with van der Waals surface area (Å²) in [6.07, 6.45) is 6.17. The van der Waals surface area contributed by atoms with E-state index < -0.39 is 0 Å². The van der Waals surface area contributed by atoms with E-state index in [1.54, 1.807) is 6.92 Å². The Bertz CT molecular complexity index is 801. The number of fused-ring (bicyclic) bond motifs is 1. The predicted molar refractivity (Wildman–Crippen MR) is 110 cm³/mol. The van der Waals surface area contributed by atoms with E-state index in [0.717, 1.165) is 17.6 Å². The number of hydrogen-bond acceptors (Lipinski definition) is 4. The monoisotopic (exact) mass is 382 g/mol. The van der Waals surface area contributed by atoms with Crippen molar-refractivity contribution in [2.75, 3.05) is 6.61 Å². The van der Waals surface area contributed by atoms with E-state index in [-0.39, 0.29) is 29.9 Å². The first-order valence-corrected chi connectivity index (χ1v) is 9.92. The van der Waals surface area contributed by atoms with Crippen molar-refractivity contribution >= 4 is 5.97 Å². The first-order valence-electron chi connectivity index (χ1n) is 9.92. The quantitative estimate of drug-likeness (QED) is 0.395. The summed E-state index contributed by atoms with van der Waals surface area (Å²) in [5.74, 6) is -0.309. The fraction of sp³-hybridized carbons (Fsp3) is 0.458. The highest BCUT2D eigenvalue weighted by atomic mass is 16.7. The molecular formula is C24H30O4. The topological polar surface area (TPSA) is 44.8 Å². The second-order valence-electron chi connectivity index (χ2n) is 8.13. The van der Waals surface area contributed by atoms with Gasteiger partial charge in [-0.2, -0.15) is 0 Å². The number of allylic oxidation sites excluding steroid dienone is 4. The molecule has 0 saturated carbocycles. The van der Waals surface area contributed by atoms with E-state index >= 15 is 0 Å². The molecule has 1 heterocycles. The number of esters is 1. The molecule has 2 aliphatic rings. The Morgan fingerprint density at radius 2 is 1.96 bits per heavy atom. The van der Waals surface area contributed by atoms with E-state index in [9.17, 15) is 4.79 Å². The van der Waals surface area contributed by atoms with Gasteiger partial charge in [0.05, 0.1) is 12.7 Å². The van der Waals surface area contributed by atoms with Gasteiger partial charge in [-0.25, -0.2) is 4.79 Å². The van der Waals surface area contributed by atoms with E-state index in [0.29, 0.717) is 6.61 Å². The van der Waals surface area contributed by atoms with Crippen molar-refractivity contribution in [3.05, 3.63) is 70.8 Å². The maximum atomic E-state index is 11.6. The number of hydrogen-bond donors (Lipinski definition) is 0. The standard InChI is InChI=1S/C24H30O4/c1-6-26-21(25)14-16(2)12-13-19-17(3)22-20(15-24(19,4)5)27-23(28-22)18-10-8-7-9-11-18/h7-14,20,22-23H,6,15H2,1-5H3/b13-12+,16-14+/t20-,22+,23?/m0/s1. The van der Waals surface area contributed by atoms with Gasteiger partial charge in [0, 0.05) is 11.6 Å². The van der Waals surface area contributed by atoms with Gasteiger partial charge >= 0.3 is 5.97 Å². The molecule has 3 atom stereocenters. The van der Waals surface area contributed by atoms with Crippen molar-refractivity contribution in [3.8, 4) is 0 Å². The summed E-state index contributed by atoms with van der Waals surface area (Å²) in [6, 6.07) is 10.1. The van der Waals surface area contributed by atoms with Crippen LogP contribution in [0, 0.1) is 5.41 Å². The average molecular weight is 383 g/mol. The van der Waals surface area contributed by atoms with Crippen LogP contribution in [0.1, 0.15) is 52.9 Å². The highest BCUT2D eigenvalue weighted by Gasteiger charge is 2.46. The molecule has 1 unspecified atom stereocenters. The van der Waals surface area contributed by atoms with Crippen LogP contribution in [-0.4, -0.2) is 24.8 Å². The summed E-state index contributed by atoms with van der Waals surface area (Å²) in [6.45, 7) is 10.7. The van der Waals surface area contributed by atoms with Crippen LogP contribution in [0.2, 0.25) is 0 Å². The van der Waals surface area contributed by atoms with Gasteiger partial charge in [0.15, 0.2) is 6.29 Å². The zero-order chi connectivity index (χ0) is 20.3. The molecule has 0 radical (unpaired) electrons. The zero-order valence-corrected chi connectivity index (χ0v) is 17.4. The maximum Gasteiger partial charge on any atom is 0.330 e. The summed E-state index contributed by atoms with van der Waals surface area (Å²) in [7, 11) is 0. The summed E-state index contributed by atoms with van der Waals surface area (Å²) in [5.41, 5.74) is 4.30. The van der Waals surface area contributed by atoms with Gasteiger partial charge in [0.1, 0.15) is 6.10 Å². The Kier molecular flexibility index (Phi) is 6.21. The molecule has 0 aromatic heterocycles. The van der Waals surface area contributed by atoms with Crippen LogP contribution in [0.15, 0.2) is 65.3 Å². The third-order valence-corrected chi connectivity index (χ3v) is 5.42. The Hall–Kier alpha value is -2.17. The third kappa shape index (κ3) is 4.45.